The average Bonchev–Trinajstić information content (AvgIpc) is 3.11. The highest BCUT2D eigenvalue weighted by Gasteiger charge is 2.08. The number of benzene rings is 2. The molecule has 2 aromatic carbocycles. The lowest BCUT2D eigenvalue weighted by Gasteiger charge is -2.13. The lowest BCUT2D eigenvalue weighted by atomic mass is 10.2. The first-order valence-electron chi connectivity index (χ1n) is 9.02. The first kappa shape index (κ1) is 23.1. The second kappa shape index (κ2) is 11.8. The minimum Gasteiger partial charge on any atom is -0.457 e. The number of hydrogen-bond acceptors (Lipinski definition) is 4. The van der Waals surface area contributed by atoms with E-state index in [-0.39, 0.29) is 24.0 Å². The molecule has 2 N–H and O–H groups in total. The van der Waals surface area contributed by atoms with Crippen LogP contribution in [-0.2, 0) is 20.1 Å². The summed E-state index contributed by atoms with van der Waals surface area (Å²) in [5.41, 5.74) is 0.989. The van der Waals surface area contributed by atoms with Crippen LogP contribution in [0.3, 0.4) is 0 Å². The van der Waals surface area contributed by atoms with Crippen LogP contribution in [0.25, 0.3) is 0 Å². The Bertz CT molecular complexity index is 932. The first-order valence-corrected chi connectivity index (χ1v) is 9.81. The Morgan fingerprint density at radius 2 is 1.97 bits per heavy atom. The van der Waals surface area contributed by atoms with Crippen molar-refractivity contribution in [1.82, 2.24) is 25.4 Å². The van der Waals surface area contributed by atoms with Crippen LogP contribution in [0.15, 0.2) is 64.3 Å². The highest BCUT2D eigenvalue weighted by molar-refractivity contribution is 14.0. The van der Waals surface area contributed by atoms with Gasteiger partial charge in [-0.15, -0.1) is 24.0 Å². The molecule has 0 fully saturated rings. The van der Waals surface area contributed by atoms with Gasteiger partial charge < -0.3 is 15.4 Å². The van der Waals surface area contributed by atoms with Crippen molar-refractivity contribution >= 4 is 45.9 Å². The summed E-state index contributed by atoms with van der Waals surface area (Å²) >= 11 is 3.51. The number of para-hydroxylation sites is 1. The molecule has 0 bridgehead atoms. The highest BCUT2D eigenvalue weighted by Crippen LogP contribution is 2.29. The third-order valence-electron chi connectivity index (χ3n) is 3.97. The predicted octanol–water partition coefficient (Wildman–Crippen LogP) is 4.24. The number of guanidine groups is 1. The number of aryl methyl sites for hydroxylation is 1. The van der Waals surface area contributed by atoms with Crippen LogP contribution in [0.1, 0.15) is 18.3 Å². The third-order valence-corrected chi connectivity index (χ3v) is 4.46. The summed E-state index contributed by atoms with van der Waals surface area (Å²) in [5, 5.41) is 10.6. The number of halogens is 2. The molecule has 3 rings (SSSR count). The van der Waals surface area contributed by atoms with Crippen molar-refractivity contribution in [2.24, 2.45) is 12.0 Å². The molecule has 0 radical (unpaired) electrons. The topological polar surface area (TPSA) is 76.4 Å². The van der Waals surface area contributed by atoms with E-state index in [0.717, 1.165) is 33.9 Å². The highest BCUT2D eigenvalue weighted by atomic mass is 127. The number of rotatable bonds is 7. The molecule has 1 heterocycles. The number of hydrogen-bond donors (Lipinski definition) is 2. The Hall–Kier alpha value is -2.14. The molecule has 0 spiro atoms. The number of aliphatic imine (C=N–C) groups is 1. The van der Waals surface area contributed by atoms with Crippen LogP contribution in [0.5, 0.6) is 11.5 Å². The maximum absolute atomic E-state index is 6.06. The molecular formula is C20H24BrIN6O. The fourth-order valence-electron chi connectivity index (χ4n) is 2.52. The van der Waals surface area contributed by atoms with Crippen molar-refractivity contribution in [3.8, 4) is 11.5 Å². The minimum atomic E-state index is 0. The zero-order chi connectivity index (χ0) is 19.8. The molecule has 7 nitrogen and oxygen atoms in total. The quantitative estimate of drug-likeness (QED) is 0.252. The Morgan fingerprint density at radius 3 is 2.66 bits per heavy atom. The van der Waals surface area contributed by atoms with E-state index < -0.39 is 0 Å². The molecule has 0 aliphatic carbocycles. The zero-order valence-corrected chi connectivity index (χ0v) is 20.2. The summed E-state index contributed by atoms with van der Waals surface area (Å²) in [6.45, 7) is 3.81. The van der Waals surface area contributed by atoms with Gasteiger partial charge in [-0.25, -0.2) is 9.98 Å². The normalized spacial score (nSPS) is 10.9. The molecule has 0 saturated heterocycles. The number of ether oxygens (including phenoxy) is 1. The van der Waals surface area contributed by atoms with Gasteiger partial charge in [-0.3, -0.25) is 4.68 Å². The van der Waals surface area contributed by atoms with Gasteiger partial charge in [-0.05, 0) is 31.2 Å². The van der Waals surface area contributed by atoms with Gasteiger partial charge in [-0.1, -0.05) is 40.2 Å². The first-order chi connectivity index (χ1) is 13.7. The van der Waals surface area contributed by atoms with E-state index in [0.29, 0.717) is 19.0 Å². The number of nitrogens with zero attached hydrogens (tertiary/aromatic N) is 4. The number of aromatic nitrogens is 3. The van der Waals surface area contributed by atoms with Gasteiger partial charge in [0.15, 0.2) is 5.96 Å². The molecule has 0 atom stereocenters. The van der Waals surface area contributed by atoms with E-state index in [9.17, 15) is 0 Å². The molecule has 0 saturated carbocycles. The van der Waals surface area contributed by atoms with Gasteiger partial charge in [0.2, 0.25) is 0 Å². The molecular weight excluding hydrogens is 547 g/mol. The molecule has 1 aromatic heterocycles. The number of nitrogens with one attached hydrogen (secondary N) is 2. The van der Waals surface area contributed by atoms with Gasteiger partial charge in [0, 0.05) is 23.6 Å². The fourth-order valence-corrected chi connectivity index (χ4v) is 2.86. The SMILES string of the molecule is CCNC(=NCc1ccc(Br)cc1Oc1ccccc1)NCc1ncnn1C.I. The van der Waals surface area contributed by atoms with Gasteiger partial charge in [0.25, 0.3) is 0 Å². The second-order valence-corrected chi connectivity index (χ2v) is 6.93. The smallest absolute Gasteiger partial charge is 0.191 e. The molecule has 0 unspecified atom stereocenters. The van der Waals surface area contributed by atoms with Crippen LogP contribution in [0, 0.1) is 0 Å². The molecule has 3 aromatic rings. The molecule has 154 valence electrons. The van der Waals surface area contributed by atoms with Gasteiger partial charge in [-0.2, -0.15) is 5.10 Å². The van der Waals surface area contributed by atoms with E-state index in [1.807, 2.05) is 62.5 Å². The van der Waals surface area contributed by atoms with Crippen molar-refractivity contribution in [3.63, 3.8) is 0 Å². The van der Waals surface area contributed by atoms with Gasteiger partial charge in [0.1, 0.15) is 23.7 Å². The molecule has 0 amide bonds. The van der Waals surface area contributed by atoms with Crippen LogP contribution in [-0.4, -0.2) is 27.3 Å². The second-order valence-electron chi connectivity index (χ2n) is 6.02. The predicted molar refractivity (Wildman–Crippen MR) is 129 cm³/mol. The lowest BCUT2D eigenvalue weighted by Crippen LogP contribution is -2.37. The molecule has 0 aliphatic rings. The molecule has 29 heavy (non-hydrogen) atoms. The fraction of sp³-hybridized carbons (Fsp3) is 0.250. The summed E-state index contributed by atoms with van der Waals surface area (Å²) in [4.78, 5) is 8.90. The summed E-state index contributed by atoms with van der Waals surface area (Å²) in [5.74, 6) is 3.10. The van der Waals surface area contributed by atoms with E-state index in [1.54, 1.807) is 4.68 Å². The van der Waals surface area contributed by atoms with Crippen LogP contribution < -0.4 is 15.4 Å². The Morgan fingerprint density at radius 1 is 1.17 bits per heavy atom. The summed E-state index contributed by atoms with van der Waals surface area (Å²) < 4.78 is 8.75. The van der Waals surface area contributed by atoms with Gasteiger partial charge >= 0.3 is 0 Å². The monoisotopic (exact) mass is 570 g/mol. The van der Waals surface area contributed by atoms with Crippen molar-refractivity contribution in [3.05, 3.63) is 70.7 Å². The van der Waals surface area contributed by atoms with Gasteiger partial charge in [0.05, 0.1) is 13.1 Å². The average molecular weight is 571 g/mol. The zero-order valence-electron chi connectivity index (χ0n) is 16.3. The standard InChI is InChI=1S/C20H23BrN6O.HI/c1-3-22-20(24-13-19-25-14-26-27(19)2)23-12-15-9-10-16(21)11-18(15)28-17-7-5-4-6-8-17;/h4-11,14H,3,12-13H2,1-2H3,(H2,22,23,24);1H. The minimum absolute atomic E-state index is 0. The molecule has 9 heteroatoms. The maximum atomic E-state index is 6.06. The van der Waals surface area contributed by atoms with Crippen LogP contribution in [0.4, 0.5) is 0 Å². The summed E-state index contributed by atoms with van der Waals surface area (Å²) in [6, 6.07) is 15.7. The van der Waals surface area contributed by atoms with Crippen molar-refractivity contribution in [2.45, 2.75) is 20.0 Å². The lowest BCUT2D eigenvalue weighted by molar-refractivity contribution is 0.476. The molecule has 0 aliphatic heterocycles. The van der Waals surface area contributed by atoms with Crippen LogP contribution >= 0.6 is 39.9 Å². The Labute approximate surface area is 196 Å². The van der Waals surface area contributed by atoms with Crippen molar-refractivity contribution in [2.75, 3.05) is 6.54 Å². The van der Waals surface area contributed by atoms with Crippen LogP contribution in [0.2, 0.25) is 0 Å². The Balaban J connectivity index is 0.00000300. The summed E-state index contributed by atoms with van der Waals surface area (Å²) in [6.07, 6.45) is 1.54. The van der Waals surface area contributed by atoms with E-state index in [2.05, 4.69) is 41.6 Å². The largest absolute Gasteiger partial charge is 0.457 e. The maximum Gasteiger partial charge on any atom is 0.191 e. The third kappa shape index (κ3) is 7.00. The van der Waals surface area contributed by atoms with E-state index >= 15 is 0 Å². The van der Waals surface area contributed by atoms with Crippen molar-refractivity contribution < 1.29 is 4.74 Å². The summed E-state index contributed by atoms with van der Waals surface area (Å²) in [7, 11) is 1.86. The van der Waals surface area contributed by atoms with E-state index in [1.165, 1.54) is 6.33 Å². The van der Waals surface area contributed by atoms with Crippen molar-refractivity contribution in [1.29, 1.82) is 0 Å². The Kier molecular flexibility index (Phi) is 9.39. The van der Waals surface area contributed by atoms with E-state index in [4.69, 9.17) is 4.74 Å².